The number of methoxy groups -OCH3 is 2. The second-order valence-corrected chi connectivity index (χ2v) is 10.5. The van der Waals surface area contributed by atoms with E-state index in [0.29, 0.717) is 33.7 Å². The molecule has 2 aromatic rings. The molecule has 32 heavy (non-hydrogen) atoms. The summed E-state index contributed by atoms with van der Waals surface area (Å²) in [5.74, 6) is 1.56. The van der Waals surface area contributed by atoms with Crippen molar-refractivity contribution in [3.63, 3.8) is 0 Å². The predicted octanol–water partition coefficient (Wildman–Crippen LogP) is 5.24. The van der Waals surface area contributed by atoms with Gasteiger partial charge in [0.15, 0.2) is 0 Å². The van der Waals surface area contributed by atoms with E-state index >= 15 is 0 Å². The predicted molar refractivity (Wildman–Crippen MR) is 127 cm³/mol. The number of hydrogen-bond acceptors (Lipinski definition) is 6. The summed E-state index contributed by atoms with van der Waals surface area (Å²) in [4.78, 5) is 17.7. The molecule has 0 radical (unpaired) electrons. The number of nitrogens with zero attached hydrogens (tertiary/aromatic N) is 2. The summed E-state index contributed by atoms with van der Waals surface area (Å²) in [7, 11) is 3.12. The molecule has 0 saturated carbocycles. The fourth-order valence-corrected chi connectivity index (χ4v) is 4.81. The average Bonchev–Trinajstić information content (AvgIpc) is 2.77. The van der Waals surface area contributed by atoms with Gasteiger partial charge in [0.2, 0.25) is 5.91 Å². The highest BCUT2D eigenvalue weighted by atomic mass is 32.2. The Hall–Kier alpha value is -2.72. The summed E-state index contributed by atoms with van der Waals surface area (Å²) >= 11 is 1.31. The zero-order chi connectivity index (χ0) is 23.5. The average molecular weight is 454 g/mol. The summed E-state index contributed by atoms with van der Waals surface area (Å²) in [6, 6.07) is 9.48. The molecule has 0 fully saturated rings. The van der Waals surface area contributed by atoms with Gasteiger partial charge in [-0.1, -0.05) is 32.5 Å². The summed E-state index contributed by atoms with van der Waals surface area (Å²) in [6.07, 6.45) is 2.94. The van der Waals surface area contributed by atoms with Gasteiger partial charge in [0, 0.05) is 11.8 Å². The standard InChI is InChI=1S/C25H31N3O3S/c1-15(23(29)27-21-10-8-19(30-5)13-22(21)31-6)32-24-17(14-26)11-16-12-18(25(2,3)4)7-9-20(16)28-24/h8,10-11,13,15,18H,7,9,12H2,1-6H3,(H,27,29). The molecule has 1 amide bonds. The Kier molecular flexibility index (Phi) is 7.35. The number of carbonyl (C=O) groups is 1. The van der Waals surface area contributed by atoms with Crippen LogP contribution < -0.4 is 14.8 Å². The van der Waals surface area contributed by atoms with E-state index < -0.39 is 5.25 Å². The van der Waals surface area contributed by atoms with Gasteiger partial charge >= 0.3 is 0 Å². The number of pyridine rings is 1. The molecule has 3 rings (SSSR count). The zero-order valence-electron chi connectivity index (χ0n) is 19.6. The number of ether oxygens (including phenoxy) is 2. The Labute approximate surface area is 194 Å². The molecule has 1 aromatic carbocycles. The molecule has 0 aliphatic heterocycles. The van der Waals surface area contributed by atoms with Crippen LogP contribution in [0, 0.1) is 22.7 Å². The quantitative estimate of drug-likeness (QED) is 0.602. The van der Waals surface area contributed by atoms with E-state index in [9.17, 15) is 10.1 Å². The van der Waals surface area contributed by atoms with Gasteiger partial charge in [-0.05, 0) is 61.3 Å². The minimum absolute atomic E-state index is 0.185. The molecule has 6 nitrogen and oxygen atoms in total. The van der Waals surface area contributed by atoms with Crippen LogP contribution in [0.1, 0.15) is 50.9 Å². The van der Waals surface area contributed by atoms with Gasteiger partial charge in [0.05, 0.1) is 30.7 Å². The van der Waals surface area contributed by atoms with Crippen LogP contribution in [0.4, 0.5) is 5.69 Å². The minimum atomic E-state index is -0.439. The normalized spacial score (nSPS) is 16.5. The highest BCUT2D eigenvalue weighted by Crippen LogP contribution is 2.38. The molecule has 1 aromatic heterocycles. The Morgan fingerprint density at radius 3 is 2.66 bits per heavy atom. The number of nitriles is 1. The molecule has 2 unspecified atom stereocenters. The van der Waals surface area contributed by atoms with Gasteiger partial charge in [0.1, 0.15) is 22.6 Å². The Balaban J connectivity index is 1.76. The number of thioether (sulfide) groups is 1. The number of aryl methyl sites for hydroxylation is 1. The van der Waals surface area contributed by atoms with Crippen LogP contribution in [0.5, 0.6) is 11.5 Å². The molecule has 7 heteroatoms. The summed E-state index contributed by atoms with van der Waals surface area (Å²) < 4.78 is 10.6. The van der Waals surface area contributed by atoms with Crippen LogP contribution in [0.15, 0.2) is 29.3 Å². The lowest BCUT2D eigenvalue weighted by atomic mass is 9.71. The van der Waals surface area contributed by atoms with E-state index in [2.05, 4.69) is 32.2 Å². The second kappa shape index (κ2) is 9.83. The highest BCUT2D eigenvalue weighted by Gasteiger charge is 2.30. The van der Waals surface area contributed by atoms with Gasteiger partial charge in [-0.2, -0.15) is 5.26 Å². The number of hydrogen-bond donors (Lipinski definition) is 1. The van der Waals surface area contributed by atoms with E-state index in [1.54, 1.807) is 32.4 Å². The van der Waals surface area contributed by atoms with Crippen molar-refractivity contribution >= 4 is 23.4 Å². The molecular weight excluding hydrogens is 422 g/mol. The van der Waals surface area contributed by atoms with Crippen molar-refractivity contribution in [3.05, 3.63) is 41.1 Å². The largest absolute Gasteiger partial charge is 0.497 e. The van der Waals surface area contributed by atoms with Crippen LogP contribution >= 0.6 is 11.8 Å². The molecule has 0 bridgehead atoms. The molecule has 1 aliphatic carbocycles. The van der Waals surface area contributed by atoms with Crippen LogP contribution in [-0.4, -0.2) is 30.4 Å². The Bertz CT molecular complexity index is 1040. The number of fused-ring (bicyclic) bond motifs is 1. The van der Waals surface area contributed by atoms with E-state index in [1.807, 2.05) is 13.0 Å². The number of nitrogens with one attached hydrogen (secondary N) is 1. The minimum Gasteiger partial charge on any atom is -0.497 e. The zero-order valence-corrected chi connectivity index (χ0v) is 20.4. The van der Waals surface area contributed by atoms with Crippen molar-refractivity contribution in [2.75, 3.05) is 19.5 Å². The third kappa shape index (κ3) is 5.36. The van der Waals surface area contributed by atoms with E-state index in [0.717, 1.165) is 30.5 Å². The number of benzene rings is 1. The van der Waals surface area contributed by atoms with Crippen LogP contribution in [0.3, 0.4) is 0 Å². The summed E-state index contributed by atoms with van der Waals surface area (Å²) in [5.41, 5.74) is 3.55. The third-order valence-corrected chi connectivity index (χ3v) is 7.12. The lowest BCUT2D eigenvalue weighted by Gasteiger charge is -2.34. The second-order valence-electron chi connectivity index (χ2n) is 9.18. The van der Waals surface area contributed by atoms with Crippen LogP contribution in [0.25, 0.3) is 0 Å². The Morgan fingerprint density at radius 1 is 1.28 bits per heavy atom. The first-order valence-electron chi connectivity index (χ1n) is 10.8. The van der Waals surface area contributed by atoms with Gasteiger partial charge in [-0.15, -0.1) is 0 Å². The monoisotopic (exact) mass is 453 g/mol. The molecule has 1 N–H and O–H groups in total. The van der Waals surface area contributed by atoms with Crippen molar-refractivity contribution < 1.29 is 14.3 Å². The van der Waals surface area contributed by atoms with Crippen molar-refractivity contribution in [1.29, 1.82) is 5.26 Å². The van der Waals surface area contributed by atoms with Gasteiger partial charge in [0.25, 0.3) is 0 Å². The van der Waals surface area contributed by atoms with E-state index in [4.69, 9.17) is 14.5 Å². The highest BCUT2D eigenvalue weighted by molar-refractivity contribution is 8.00. The molecule has 1 aliphatic rings. The number of rotatable bonds is 6. The first-order valence-corrected chi connectivity index (χ1v) is 11.7. The number of anilines is 1. The number of amides is 1. The van der Waals surface area contributed by atoms with Crippen LogP contribution in [0.2, 0.25) is 0 Å². The molecule has 2 atom stereocenters. The van der Waals surface area contributed by atoms with Crippen molar-refractivity contribution in [3.8, 4) is 17.6 Å². The van der Waals surface area contributed by atoms with E-state index in [1.165, 1.54) is 11.8 Å². The third-order valence-electron chi connectivity index (χ3n) is 6.02. The van der Waals surface area contributed by atoms with Crippen molar-refractivity contribution in [2.24, 2.45) is 11.3 Å². The maximum atomic E-state index is 12.9. The number of carbonyl (C=O) groups excluding carboxylic acids is 1. The van der Waals surface area contributed by atoms with Gasteiger partial charge in [-0.3, -0.25) is 4.79 Å². The SMILES string of the molecule is COc1ccc(NC(=O)C(C)Sc2nc3c(cc2C#N)CC(C(C)(C)C)CC3)c(OC)c1. The van der Waals surface area contributed by atoms with E-state index in [-0.39, 0.29) is 11.3 Å². The first-order chi connectivity index (χ1) is 15.2. The van der Waals surface area contributed by atoms with Gasteiger partial charge < -0.3 is 14.8 Å². The maximum absolute atomic E-state index is 12.9. The smallest absolute Gasteiger partial charge is 0.237 e. The fraction of sp³-hybridized carbons (Fsp3) is 0.480. The lowest BCUT2D eigenvalue weighted by Crippen LogP contribution is -2.28. The topological polar surface area (TPSA) is 84.2 Å². The molecular formula is C25H31N3O3S. The summed E-state index contributed by atoms with van der Waals surface area (Å²) in [5, 5.41) is 12.8. The lowest BCUT2D eigenvalue weighted by molar-refractivity contribution is -0.115. The van der Waals surface area contributed by atoms with Gasteiger partial charge in [-0.25, -0.2) is 4.98 Å². The van der Waals surface area contributed by atoms with Crippen molar-refractivity contribution in [2.45, 2.75) is 57.2 Å². The first kappa shape index (κ1) is 23.9. The maximum Gasteiger partial charge on any atom is 0.237 e. The molecule has 170 valence electrons. The molecule has 0 saturated heterocycles. The molecule has 0 spiro atoms. The van der Waals surface area contributed by atoms with Crippen molar-refractivity contribution in [1.82, 2.24) is 4.98 Å². The Morgan fingerprint density at radius 2 is 2.03 bits per heavy atom. The number of aromatic nitrogens is 1. The fourth-order valence-electron chi connectivity index (χ4n) is 3.91. The summed E-state index contributed by atoms with van der Waals surface area (Å²) in [6.45, 7) is 8.62. The van der Waals surface area contributed by atoms with Crippen LogP contribution in [-0.2, 0) is 17.6 Å². The molecule has 1 heterocycles.